The zero-order valence-electron chi connectivity index (χ0n) is 11.6. The monoisotopic (exact) mass is 689 g/mol. The maximum absolute atomic E-state index is 12.2. The number of hydrogen-bond acceptors (Lipinski definition) is 3. The quantitative estimate of drug-likeness (QED) is 0.282. The Bertz CT molecular complexity index is 557. The van der Waals surface area contributed by atoms with Crippen LogP contribution < -0.4 is 6.15 Å². The van der Waals surface area contributed by atoms with Crippen molar-refractivity contribution >= 4 is 180 Å². The van der Waals surface area contributed by atoms with E-state index in [2.05, 4.69) is 4.94 Å². The molecule has 0 saturated carbocycles. The van der Waals surface area contributed by atoms with Crippen molar-refractivity contribution in [1.82, 2.24) is 6.15 Å². The fourth-order valence-electron chi connectivity index (χ4n) is 1.14. The van der Waals surface area contributed by atoms with Crippen LogP contribution in [0.15, 0.2) is 0 Å². The van der Waals surface area contributed by atoms with E-state index >= 15 is 0 Å². The molecule has 0 atom stereocenters. The minimum absolute atomic E-state index is 0. The molecule has 0 aromatic rings. The number of alkyl halides is 15. The first-order valence-electron chi connectivity index (χ1n) is 5.15. The summed E-state index contributed by atoms with van der Waals surface area (Å²) in [6.45, 7) is 0. The van der Waals surface area contributed by atoms with Gasteiger partial charge in [0, 0.05) is 4.53 Å². The second-order valence-corrected chi connectivity index (χ2v) is 14.6. The van der Waals surface area contributed by atoms with Gasteiger partial charge in [-0.25, -0.2) is 4.79 Å². The molecule has 0 heterocycles. The highest BCUT2D eigenvalue weighted by molar-refractivity contribution is 6.83. The molecule has 164 valence electrons. The van der Waals surface area contributed by atoms with E-state index in [0.29, 0.717) is 0 Å². The zero-order chi connectivity index (χ0) is 21.8. The van der Waals surface area contributed by atoms with Crippen LogP contribution in [0.1, 0.15) is 0 Å². The van der Waals surface area contributed by atoms with Gasteiger partial charge in [0.2, 0.25) is 8.13 Å². The molecule has 0 aliphatic carbocycles. The summed E-state index contributed by atoms with van der Waals surface area (Å²) in [5, 5.41) is 0. The molecule has 27 heavy (non-hydrogen) atoms. The van der Waals surface area contributed by atoms with E-state index in [0.717, 1.165) is 0 Å². The minimum atomic E-state index is -3.23. The summed E-state index contributed by atoms with van der Waals surface area (Å²) in [6.07, 6.45) is 0. The maximum atomic E-state index is 12.2. The summed E-state index contributed by atoms with van der Waals surface area (Å²) in [7, 11) is 0. The van der Waals surface area contributed by atoms with Gasteiger partial charge in [0.15, 0.2) is 17.3 Å². The van der Waals surface area contributed by atoms with Crippen molar-refractivity contribution in [2.75, 3.05) is 0 Å². The third kappa shape index (κ3) is 5.28. The van der Waals surface area contributed by atoms with Gasteiger partial charge in [-0.1, -0.05) is 174 Å². The lowest BCUT2D eigenvalue weighted by Crippen LogP contribution is -2.69. The lowest BCUT2D eigenvalue weighted by Gasteiger charge is -2.52. The van der Waals surface area contributed by atoms with E-state index in [4.69, 9.17) is 174 Å². The molecule has 0 spiro atoms. The molecule has 0 aromatic carbocycles. The number of hydrogen-bond donors (Lipinski definition) is 1. The van der Waals surface area contributed by atoms with Crippen molar-refractivity contribution in [3.8, 4) is 0 Å². The van der Waals surface area contributed by atoms with Crippen molar-refractivity contribution in [3.05, 3.63) is 0 Å². The van der Waals surface area contributed by atoms with E-state index in [1.54, 1.807) is 0 Å². The van der Waals surface area contributed by atoms with Gasteiger partial charge >= 0.3 is 5.97 Å². The van der Waals surface area contributed by atoms with Gasteiger partial charge in [-0.2, -0.15) is 0 Å². The summed E-state index contributed by atoms with van der Waals surface area (Å²) in [6, 6.07) is 0. The van der Waals surface area contributed by atoms with Gasteiger partial charge in [-0.05, 0) is 0 Å². The molecular formula is C8H3Cl15FNO2. The van der Waals surface area contributed by atoms with Gasteiger partial charge in [0.05, 0.1) is 0 Å². The molecule has 3 nitrogen and oxygen atoms in total. The molecular weight excluding hydrogens is 693 g/mol. The average molecular weight is 696 g/mol. The summed E-state index contributed by atoms with van der Waals surface area (Å²) in [5.41, 5.74) is 0. The summed E-state index contributed by atoms with van der Waals surface area (Å²) in [5.74, 6) is -2.06. The summed E-state index contributed by atoms with van der Waals surface area (Å²) < 4.78 is -8.98. The van der Waals surface area contributed by atoms with E-state index in [1.807, 2.05) is 0 Å². The summed E-state index contributed by atoms with van der Waals surface area (Å²) >= 11 is 87.3. The maximum Gasteiger partial charge on any atom is 0.387 e. The Morgan fingerprint density at radius 3 is 1.07 bits per heavy atom. The summed E-state index contributed by atoms with van der Waals surface area (Å²) in [4.78, 5) is 14.3. The van der Waals surface area contributed by atoms with Crippen molar-refractivity contribution < 1.29 is 14.3 Å². The Morgan fingerprint density at radius 2 is 0.815 bits per heavy atom. The van der Waals surface area contributed by atoms with Crippen LogP contribution in [0, 0.1) is 0 Å². The molecule has 0 rings (SSSR count). The highest BCUT2D eigenvalue weighted by Crippen LogP contribution is 2.71. The molecule has 0 aliphatic heterocycles. The molecule has 0 saturated heterocycles. The fraction of sp³-hybridized carbons (Fsp3) is 0.875. The van der Waals surface area contributed by atoms with Gasteiger partial charge in [-0.3, -0.25) is 4.94 Å². The van der Waals surface area contributed by atoms with Crippen molar-refractivity contribution in [2.24, 2.45) is 0 Å². The third-order valence-electron chi connectivity index (χ3n) is 2.65. The average Bonchev–Trinajstić information content (AvgIpc) is 2.43. The topological polar surface area (TPSA) is 61.3 Å². The molecule has 0 fully saturated rings. The van der Waals surface area contributed by atoms with E-state index in [1.165, 1.54) is 0 Å². The van der Waals surface area contributed by atoms with Crippen LogP contribution >= 0.6 is 174 Å². The Morgan fingerprint density at radius 1 is 0.556 bits per heavy atom. The Hall–Kier alpha value is 3.71. The molecule has 0 aromatic heterocycles. The molecule has 0 radical (unpaired) electrons. The van der Waals surface area contributed by atoms with Crippen molar-refractivity contribution in [3.63, 3.8) is 0 Å². The van der Waals surface area contributed by atoms with Crippen molar-refractivity contribution in [1.29, 1.82) is 0 Å². The minimum Gasteiger partial charge on any atom is -0.344 e. The van der Waals surface area contributed by atoms with Crippen LogP contribution in [0.3, 0.4) is 0 Å². The van der Waals surface area contributed by atoms with Gasteiger partial charge in [-0.15, -0.1) is 0 Å². The number of rotatable bonds is 6. The molecule has 0 unspecified atom stereocenters. The van der Waals surface area contributed by atoms with Crippen molar-refractivity contribution in [2.45, 2.75) is 29.8 Å². The molecule has 0 bridgehead atoms. The number of carbonyl (C=O) groups is 1. The predicted molar refractivity (Wildman–Crippen MR) is 119 cm³/mol. The largest absolute Gasteiger partial charge is 0.387 e. The van der Waals surface area contributed by atoms with Crippen LogP contribution in [-0.4, -0.2) is 35.8 Å². The van der Waals surface area contributed by atoms with Crippen LogP contribution in [0.2, 0.25) is 0 Å². The molecule has 0 amide bonds. The molecule has 19 heteroatoms. The van der Waals surface area contributed by atoms with Gasteiger partial charge < -0.3 is 6.15 Å². The highest BCUT2D eigenvalue weighted by Gasteiger charge is 2.80. The van der Waals surface area contributed by atoms with Crippen LogP contribution in [0.4, 0.5) is 4.53 Å². The zero-order valence-corrected chi connectivity index (χ0v) is 22.9. The first-order valence-corrected chi connectivity index (χ1v) is 10.8. The lowest BCUT2D eigenvalue weighted by molar-refractivity contribution is -0.185. The smallest absolute Gasteiger partial charge is 0.344 e. The fourth-order valence-corrected chi connectivity index (χ4v) is 5.40. The third-order valence-corrected chi connectivity index (χ3v) is 12.6. The Balaban J connectivity index is 0. The standard InChI is InChI=1S/C8Cl15FO2.H3N/c9-2(10,1(25)26-24)3(11,12)4(13,14)5(15,16)6(17,18)7(19,20)8(21,22)23;/h;1H3. The van der Waals surface area contributed by atoms with E-state index in [9.17, 15) is 9.32 Å². The van der Waals surface area contributed by atoms with E-state index in [-0.39, 0.29) is 6.15 Å². The lowest BCUT2D eigenvalue weighted by atomic mass is 10.0. The SMILES string of the molecule is N.O=C(OF)C(Cl)(Cl)C(Cl)(Cl)C(Cl)(Cl)C(Cl)(Cl)C(Cl)(Cl)C(Cl)(Cl)C(Cl)(Cl)Cl. The van der Waals surface area contributed by atoms with Gasteiger partial charge in [0.1, 0.15) is 0 Å². The number of carbonyl (C=O) groups excluding carboxylic acids is 1. The Labute approximate surface area is 227 Å². The second-order valence-electron chi connectivity index (χ2n) is 4.31. The highest BCUT2D eigenvalue weighted by atomic mass is 35.6. The first kappa shape index (κ1) is 32.9. The van der Waals surface area contributed by atoms with Gasteiger partial charge in [0.25, 0.3) is 4.33 Å². The van der Waals surface area contributed by atoms with Crippen LogP contribution in [0.5, 0.6) is 0 Å². The number of halogens is 16. The first-order chi connectivity index (χ1) is 11.0. The Kier molecular flexibility index (Phi) is 12.1. The molecule has 0 aliphatic rings. The predicted octanol–water partition coefficient (Wildman–Crippen LogP) is 8.99. The van der Waals surface area contributed by atoms with E-state index < -0.39 is 35.8 Å². The molecule has 3 N–H and O–H groups in total. The normalized spacial score (nSPS) is 15.3. The van der Waals surface area contributed by atoms with Crippen LogP contribution in [0.25, 0.3) is 0 Å². The second kappa shape index (κ2) is 9.91. The van der Waals surface area contributed by atoms with Crippen LogP contribution in [-0.2, 0) is 9.74 Å².